The van der Waals surface area contributed by atoms with Gasteiger partial charge < -0.3 is 18.9 Å². The van der Waals surface area contributed by atoms with E-state index in [1.54, 1.807) is 14.7 Å². The van der Waals surface area contributed by atoms with Crippen LogP contribution >= 0.6 is 30.3 Å². The fraction of sp³-hybridized carbons (Fsp3) is 0.796. The van der Waals surface area contributed by atoms with Gasteiger partial charge in [-0.2, -0.15) is 0 Å². The summed E-state index contributed by atoms with van der Waals surface area (Å²) in [7, 11) is 3.47. The van der Waals surface area contributed by atoms with Crippen molar-refractivity contribution in [2.24, 2.45) is 50.7 Å². The number of allylic oxidation sites excluding steroid dienone is 3. The summed E-state index contributed by atoms with van der Waals surface area (Å²) in [5.41, 5.74) is 3.66. The predicted octanol–water partition coefficient (Wildman–Crippen LogP) is 13.6. The minimum Gasteiger partial charge on any atom is -0.379 e. The topological polar surface area (TPSA) is 49.0 Å². The van der Waals surface area contributed by atoms with Crippen LogP contribution in [0.4, 0.5) is 0 Å². The van der Waals surface area contributed by atoms with E-state index in [4.69, 9.17) is 18.9 Å². The summed E-state index contributed by atoms with van der Waals surface area (Å²) < 4.78 is 30.3. The van der Waals surface area contributed by atoms with Gasteiger partial charge >= 0.3 is 0 Å². The van der Waals surface area contributed by atoms with E-state index in [2.05, 4.69) is 137 Å². The van der Waals surface area contributed by atoms with Crippen LogP contribution < -0.4 is 4.72 Å². The largest absolute Gasteiger partial charge is 0.379 e. The van der Waals surface area contributed by atoms with Crippen molar-refractivity contribution in [2.45, 2.75) is 178 Å². The maximum absolute atomic E-state index is 6.98. The zero-order valence-electron chi connectivity index (χ0n) is 38.0. The molecule has 320 valence electrons. The Hall–Kier alpha value is -0.420. The molecule has 6 aliphatic rings. The van der Waals surface area contributed by atoms with E-state index >= 15 is 0 Å². The zero-order valence-corrected chi connectivity index (χ0v) is 41.0. The molecule has 1 aromatic rings. The summed E-state index contributed by atoms with van der Waals surface area (Å²) in [5, 5.41) is 0. The molecule has 1 N–H and O–H groups in total. The van der Waals surface area contributed by atoms with Crippen LogP contribution in [0, 0.1) is 50.7 Å². The molecule has 3 saturated carbocycles. The van der Waals surface area contributed by atoms with E-state index < -0.39 is 0 Å². The number of fused-ring (bicyclic) bond motifs is 3. The van der Waals surface area contributed by atoms with Gasteiger partial charge in [0.1, 0.15) is 0 Å². The van der Waals surface area contributed by atoms with Crippen LogP contribution in [-0.2, 0) is 25.6 Å². The second-order valence-corrected chi connectivity index (χ2v) is 20.4. The number of benzene rings is 1. The Morgan fingerprint density at radius 1 is 0.946 bits per heavy atom. The summed E-state index contributed by atoms with van der Waals surface area (Å²) in [6.45, 7) is 31.2. The lowest BCUT2D eigenvalue weighted by Crippen LogP contribution is -2.62. The van der Waals surface area contributed by atoms with E-state index in [9.17, 15) is 0 Å². The molecule has 2 bridgehead atoms. The van der Waals surface area contributed by atoms with Crippen LogP contribution in [0.25, 0.3) is 0 Å². The van der Waals surface area contributed by atoms with Crippen molar-refractivity contribution < 1.29 is 18.9 Å². The number of hydrogen-bond donors (Lipinski definition) is 1. The van der Waals surface area contributed by atoms with Crippen molar-refractivity contribution in [2.75, 3.05) is 20.3 Å². The molecule has 13 atom stereocenters. The molecule has 7 rings (SSSR count). The van der Waals surface area contributed by atoms with E-state index in [0.29, 0.717) is 43.0 Å². The smallest absolute Gasteiger partial charge is 0.0912 e. The van der Waals surface area contributed by atoms with E-state index in [1.165, 1.54) is 44.1 Å². The van der Waals surface area contributed by atoms with E-state index in [1.807, 2.05) is 34.8 Å². The first-order valence-electron chi connectivity index (χ1n) is 22.7. The van der Waals surface area contributed by atoms with Crippen molar-refractivity contribution in [3.8, 4) is 0 Å². The van der Waals surface area contributed by atoms with Gasteiger partial charge in [0.2, 0.25) is 0 Å². The summed E-state index contributed by atoms with van der Waals surface area (Å²) in [5.74, 6) is 2.15. The van der Waals surface area contributed by atoms with Gasteiger partial charge in [0, 0.05) is 50.6 Å². The number of halogens is 1. The Balaban J connectivity index is 0.000000936. The normalized spacial score (nSPS) is 38.1. The lowest BCUT2D eigenvalue weighted by atomic mass is 9.37. The average Bonchev–Trinajstić information content (AvgIpc) is 3.79. The number of hydrogen-bond acceptors (Lipinski definition) is 6. The summed E-state index contributed by atoms with van der Waals surface area (Å²) in [4.78, 5) is 0. The molecular weight excluding hydrogens is 826 g/mol. The molecule has 1 aromatic carbocycles. The number of ether oxygens (including phenoxy) is 4. The van der Waals surface area contributed by atoms with Crippen LogP contribution in [-0.4, -0.2) is 50.8 Å². The molecule has 1 aliphatic heterocycles. The van der Waals surface area contributed by atoms with Gasteiger partial charge in [0.25, 0.3) is 0 Å². The molecule has 0 aromatic heterocycles. The van der Waals surface area contributed by atoms with Crippen molar-refractivity contribution in [1.82, 2.24) is 4.72 Å². The monoisotopic (exact) mass is 908 g/mol. The van der Waals surface area contributed by atoms with Crippen molar-refractivity contribution in [3.05, 3.63) is 59.7 Å². The second kappa shape index (κ2) is 20.4. The molecule has 1 saturated heterocycles. The van der Waals surface area contributed by atoms with Gasteiger partial charge in [-0.05, 0) is 108 Å². The molecule has 0 radical (unpaired) electrons. The molecule has 8 unspecified atom stereocenters. The maximum Gasteiger partial charge on any atom is 0.0912 e. The van der Waals surface area contributed by atoms with Gasteiger partial charge in [-0.1, -0.05) is 137 Å². The first-order valence-corrected chi connectivity index (χ1v) is 26.0. The molecule has 7 heteroatoms. The third kappa shape index (κ3) is 8.56. The molecule has 5 aliphatic carbocycles. The Morgan fingerprint density at radius 3 is 2.25 bits per heavy atom. The molecule has 56 heavy (non-hydrogen) atoms. The minimum atomic E-state index is -0.122. The third-order valence-electron chi connectivity index (χ3n) is 15.2. The summed E-state index contributed by atoms with van der Waals surface area (Å²) in [6.07, 6.45) is 18.4. The zero-order chi connectivity index (χ0) is 41.5. The number of nitrogens with one attached hydrogen (secondary N) is 1. The van der Waals surface area contributed by atoms with Gasteiger partial charge in [0.15, 0.2) is 0 Å². The Morgan fingerprint density at radius 2 is 1.62 bits per heavy atom. The summed E-state index contributed by atoms with van der Waals surface area (Å²) in [6, 6.07) is 11.0. The summed E-state index contributed by atoms with van der Waals surface area (Å²) >= 11 is 2.30. The van der Waals surface area contributed by atoms with Crippen LogP contribution in [0.2, 0.25) is 0 Å². The third-order valence-corrected chi connectivity index (χ3v) is 16.5. The van der Waals surface area contributed by atoms with Crippen LogP contribution in [0.15, 0.2) is 54.1 Å². The predicted molar refractivity (Wildman–Crippen MR) is 248 cm³/mol. The number of methoxy groups -OCH3 is 1. The first-order chi connectivity index (χ1) is 26.8. The highest BCUT2D eigenvalue weighted by atomic mass is 127. The lowest BCUT2D eigenvalue weighted by Gasteiger charge is -2.67. The van der Waals surface area contributed by atoms with Gasteiger partial charge in [-0.25, -0.2) is 0 Å². The van der Waals surface area contributed by atoms with Gasteiger partial charge in [-0.3, -0.25) is 4.72 Å². The van der Waals surface area contributed by atoms with E-state index in [0.717, 1.165) is 19.4 Å². The second-order valence-electron chi connectivity index (χ2n) is 18.7. The van der Waals surface area contributed by atoms with Crippen LogP contribution in [0.5, 0.6) is 0 Å². The molecule has 2 spiro atoms. The van der Waals surface area contributed by atoms with Crippen molar-refractivity contribution >= 4 is 30.3 Å². The number of rotatable bonds is 13. The lowest BCUT2D eigenvalue weighted by molar-refractivity contribution is -0.200. The quantitative estimate of drug-likeness (QED) is 0.121. The van der Waals surface area contributed by atoms with Crippen molar-refractivity contribution in [3.63, 3.8) is 0 Å². The van der Waals surface area contributed by atoms with Crippen molar-refractivity contribution in [1.29, 1.82) is 0 Å². The fourth-order valence-electron chi connectivity index (χ4n) is 12.9. The highest BCUT2D eigenvalue weighted by Gasteiger charge is 2.79. The highest BCUT2D eigenvalue weighted by molar-refractivity contribution is 14.2. The Labute approximate surface area is 361 Å². The standard InChI is InChI=1S/C42H62INO4S.C3H8.2C2H6/c1-27(2)35(47-24-31-13-10-9-11-14-31)40-18-12-19-41(25-40)20-17-33-32(39(41,7)21-22-40)15-16-34-38(6,26-48-36-29(4)42(33,34)36)37(30(5)45-8)46-23-28(3)44-49-43;1-3-2;2*1-2/h9-14,17,19,27-30,32,34-37,44H,15-16,18,20-26H2,1-8H3;3H2,1-2H3;2*1-2H3/t28?,29?,30-,32?,34?,35-,36?,37?,38+,39?,40+,41+,42?;;;/m1.../s1. The Bertz CT molecular complexity index is 1420. The fourth-order valence-corrected chi connectivity index (χ4v) is 14.4. The van der Waals surface area contributed by atoms with E-state index in [-0.39, 0.29) is 51.4 Å². The highest BCUT2D eigenvalue weighted by Crippen LogP contribution is 2.80. The molecule has 4 fully saturated rings. The van der Waals surface area contributed by atoms with Crippen LogP contribution in [0.1, 0.15) is 147 Å². The molecule has 1 heterocycles. The minimum absolute atomic E-state index is 0.00795. The van der Waals surface area contributed by atoms with Crippen LogP contribution in [0.3, 0.4) is 0 Å². The molecule has 0 amide bonds. The van der Waals surface area contributed by atoms with Gasteiger partial charge in [0.05, 0.1) is 44.2 Å². The first kappa shape index (κ1) is 48.2. The Kier molecular flexibility index (Phi) is 17.6. The average molecular weight is 908 g/mol. The molecule has 5 nitrogen and oxygen atoms in total. The maximum atomic E-state index is 6.98. The SMILES string of the molecule is CC.CC.CCC.CO[C@H](C)C(OCC(C)NSI)[C@@]1(C)COC2C(C)C23C2=CC[C@]45C=CC[C@]([C@H](OCc6ccccc6)C(C)C)(CCC4(C)C2CCC31)C5. The van der Waals surface area contributed by atoms with Gasteiger partial charge in [-0.15, -0.1) is 0 Å². The molecular formula is C49H82INO4S.